The third-order valence-corrected chi connectivity index (χ3v) is 2.58. The number of hydrogen-bond acceptors (Lipinski definition) is 3. The van der Waals surface area contributed by atoms with Crippen LogP contribution in [0.4, 0.5) is 0 Å². The molecule has 0 bridgehead atoms. The zero-order valence-corrected chi connectivity index (χ0v) is 9.17. The van der Waals surface area contributed by atoms with Gasteiger partial charge in [0.2, 0.25) is 0 Å². The summed E-state index contributed by atoms with van der Waals surface area (Å²) < 4.78 is 5.01. The molecule has 84 valence electrons. The molecule has 0 aliphatic carbocycles. The highest BCUT2D eigenvalue weighted by Crippen LogP contribution is 2.07. The van der Waals surface area contributed by atoms with Gasteiger partial charge in [0.1, 0.15) is 0 Å². The van der Waals surface area contributed by atoms with Crippen molar-refractivity contribution >= 4 is 0 Å². The van der Waals surface area contributed by atoms with E-state index in [1.807, 2.05) is 30.5 Å². The zero-order valence-electron chi connectivity index (χ0n) is 9.17. The summed E-state index contributed by atoms with van der Waals surface area (Å²) in [4.78, 5) is 4.27. The van der Waals surface area contributed by atoms with Crippen molar-refractivity contribution in [3.05, 3.63) is 54.2 Å². The van der Waals surface area contributed by atoms with Gasteiger partial charge in [-0.25, -0.2) is 0 Å². The molecule has 0 spiro atoms. The minimum Gasteiger partial charge on any atom is -0.472 e. The Morgan fingerprint density at radius 2 is 2.25 bits per heavy atom. The Balaban J connectivity index is 1.78. The molecule has 2 aromatic rings. The van der Waals surface area contributed by atoms with Crippen LogP contribution in [0.1, 0.15) is 17.7 Å². The van der Waals surface area contributed by atoms with E-state index < -0.39 is 0 Å². The average Bonchev–Trinajstić information content (AvgIpc) is 2.81. The van der Waals surface area contributed by atoms with E-state index in [1.54, 1.807) is 12.5 Å². The fourth-order valence-electron chi connectivity index (χ4n) is 1.69. The van der Waals surface area contributed by atoms with Gasteiger partial charge < -0.3 is 10.2 Å². The highest BCUT2D eigenvalue weighted by Gasteiger charge is 2.05. The van der Waals surface area contributed by atoms with E-state index in [-0.39, 0.29) is 6.04 Å². The predicted octanol–water partition coefficient (Wildman–Crippen LogP) is 2.18. The Bertz CT molecular complexity index is 397. The van der Waals surface area contributed by atoms with Crippen molar-refractivity contribution in [3.8, 4) is 0 Å². The molecule has 2 rings (SSSR count). The molecule has 0 fully saturated rings. The van der Waals surface area contributed by atoms with Crippen molar-refractivity contribution in [2.24, 2.45) is 5.73 Å². The van der Waals surface area contributed by atoms with Gasteiger partial charge >= 0.3 is 0 Å². The third-order valence-electron chi connectivity index (χ3n) is 2.58. The molecule has 3 nitrogen and oxygen atoms in total. The summed E-state index contributed by atoms with van der Waals surface area (Å²) in [6.45, 7) is 0. The molecule has 2 N–H and O–H groups in total. The predicted molar refractivity (Wildman–Crippen MR) is 62.9 cm³/mol. The van der Waals surface area contributed by atoms with E-state index in [4.69, 9.17) is 10.2 Å². The smallest absolute Gasteiger partial charge is 0.0935 e. The first-order valence-electron chi connectivity index (χ1n) is 5.51. The molecule has 1 unspecified atom stereocenters. The molecule has 16 heavy (non-hydrogen) atoms. The second-order valence-electron chi connectivity index (χ2n) is 3.96. The van der Waals surface area contributed by atoms with Crippen molar-refractivity contribution in [3.63, 3.8) is 0 Å². The van der Waals surface area contributed by atoms with Crippen molar-refractivity contribution in [2.45, 2.75) is 25.3 Å². The van der Waals surface area contributed by atoms with Gasteiger partial charge in [-0.15, -0.1) is 0 Å². The fourth-order valence-corrected chi connectivity index (χ4v) is 1.69. The molecule has 0 saturated heterocycles. The van der Waals surface area contributed by atoms with Gasteiger partial charge in [0.25, 0.3) is 0 Å². The third kappa shape index (κ3) is 3.21. The molecule has 2 heterocycles. The lowest BCUT2D eigenvalue weighted by molar-refractivity contribution is 0.555. The number of furan rings is 1. The van der Waals surface area contributed by atoms with Crippen LogP contribution in [0.3, 0.4) is 0 Å². The average molecular weight is 216 g/mol. The molecule has 3 heteroatoms. The normalized spacial score (nSPS) is 12.6. The number of nitrogens with two attached hydrogens (primary N) is 1. The minimum absolute atomic E-state index is 0.166. The number of pyridine rings is 1. The van der Waals surface area contributed by atoms with Crippen LogP contribution in [0, 0.1) is 0 Å². The molecule has 1 atom stereocenters. The minimum atomic E-state index is 0.166. The van der Waals surface area contributed by atoms with E-state index in [0.29, 0.717) is 0 Å². The second kappa shape index (κ2) is 5.47. The molecular formula is C13H16N2O. The molecule has 0 radical (unpaired) electrons. The number of hydrogen-bond donors (Lipinski definition) is 1. The monoisotopic (exact) mass is 216 g/mol. The van der Waals surface area contributed by atoms with Gasteiger partial charge in [-0.1, -0.05) is 6.07 Å². The number of aryl methyl sites for hydroxylation is 1. The number of aromatic nitrogens is 1. The molecule has 0 amide bonds. The maximum absolute atomic E-state index is 6.04. The molecule has 0 aromatic carbocycles. The quantitative estimate of drug-likeness (QED) is 0.833. The Kier molecular flexibility index (Phi) is 3.72. The maximum atomic E-state index is 6.04. The maximum Gasteiger partial charge on any atom is 0.0935 e. The summed E-state index contributed by atoms with van der Waals surface area (Å²) in [5.41, 5.74) is 8.31. The van der Waals surface area contributed by atoms with Crippen molar-refractivity contribution < 1.29 is 4.42 Å². The van der Waals surface area contributed by atoms with E-state index >= 15 is 0 Å². The Labute approximate surface area is 95.3 Å². The van der Waals surface area contributed by atoms with Crippen LogP contribution < -0.4 is 5.73 Å². The van der Waals surface area contributed by atoms with Gasteiger partial charge in [-0.3, -0.25) is 4.98 Å². The first kappa shape index (κ1) is 10.9. The summed E-state index contributed by atoms with van der Waals surface area (Å²) in [5, 5.41) is 0. The van der Waals surface area contributed by atoms with Crippen LogP contribution in [-0.2, 0) is 12.8 Å². The highest BCUT2D eigenvalue weighted by atomic mass is 16.3. The summed E-state index contributed by atoms with van der Waals surface area (Å²) in [6.07, 6.45) is 7.99. The summed E-state index contributed by atoms with van der Waals surface area (Å²) >= 11 is 0. The van der Waals surface area contributed by atoms with E-state index in [2.05, 4.69) is 4.98 Å². The Morgan fingerprint density at radius 3 is 2.94 bits per heavy atom. The van der Waals surface area contributed by atoms with E-state index in [0.717, 1.165) is 30.5 Å². The largest absolute Gasteiger partial charge is 0.472 e. The Morgan fingerprint density at radius 1 is 1.31 bits per heavy atom. The van der Waals surface area contributed by atoms with Crippen molar-refractivity contribution in [2.75, 3.05) is 0 Å². The summed E-state index contributed by atoms with van der Waals surface area (Å²) in [5.74, 6) is 0. The lowest BCUT2D eigenvalue weighted by atomic mass is 10.0. The lowest BCUT2D eigenvalue weighted by Gasteiger charge is -2.09. The molecule has 0 saturated carbocycles. The first-order valence-corrected chi connectivity index (χ1v) is 5.51. The van der Waals surface area contributed by atoms with Crippen molar-refractivity contribution in [1.29, 1.82) is 0 Å². The zero-order chi connectivity index (χ0) is 11.2. The summed E-state index contributed by atoms with van der Waals surface area (Å²) in [6, 6.07) is 8.09. The summed E-state index contributed by atoms with van der Waals surface area (Å²) in [7, 11) is 0. The van der Waals surface area contributed by atoms with E-state index in [1.165, 1.54) is 0 Å². The highest BCUT2D eigenvalue weighted by molar-refractivity contribution is 5.08. The fraction of sp³-hybridized carbons (Fsp3) is 0.308. The number of rotatable bonds is 5. The topological polar surface area (TPSA) is 52.0 Å². The second-order valence-corrected chi connectivity index (χ2v) is 3.96. The van der Waals surface area contributed by atoms with Crippen molar-refractivity contribution in [1.82, 2.24) is 4.98 Å². The van der Waals surface area contributed by atoms with Gasteiger partial charge in [0.15, 0.2) is 0 Å². The van der Waals surface area contributed by atoms with Gasteiger partial charge in [0, 0.05) is 17.9 Å². The first-order chi connectivity index (χ1) is 7.84. The van der Waals surface area contributed by atoms with Crippen LogP contribution in [0.5, 0.6) is 0 Å². The van der Waals surface area contributed by atoms with Gasteiger partial charge in [0.05, 0.1) is 12.5 Å². The standard InChI is InChI=1S/C13H16N2O/c14-12(9-11-6-8-16-10-11)4-5-13-3-1-2-7-15-13/h1-3,6-8,10,12H,4-5,9,14H2. The molecule has 2 aromatic heterocycles. The Hall–Kier alpha value is -1.61. The van der Waals surface area contributed by atoms with Crippen LogP contribution >= 0.6 is 0 Å². The van der Waals surface area contributed by atoms with E-state index in [9.17, 15) is 0 Å². The van der Waals surface area contributed by atoms with Crippen LogP contribution in [-0.4, -0.2) is 11.0 Å². The lowest BCUT2D eigenvalue weighted by Crippen LogP contribution is -2.23. The van der Waals surface area contributed by atoms with Crippen LogP contribution in [0.2, 0.25) is 0 Å². The van der Waals surface area contributed by atoms with Gasteiger partial charge in [-0.2, -0.15) is 0 Å². The van der Waals surface area contributed by atoms with Crippen LogP contribution in [0.15, 0.2) is 47.4 Å². The SMILES string of the molecule is NC(CCc1ccccn1)Cc1ccoc1. The molecular weight excluding hydrogens is 200 g/mol. The van der Waals surface area contributed by atoms with Crippen LogP contribution in [0.25, 0.3) is 0 Å². The molecule has 0 aliphatic heterocycles. The van der Waals surface area contributed by atoms with Gasteiger partial charge in [-0.05, 0) is 43.0 Å². The number of nitrogens with zero attached hydrogens (tertiary/aromatic N) is 1. The molecule has 0 aliphatic rings.